The van der Waals surface area contributed by atoms with E-state index in [4.69, 9.17) is 0 Å². The highest BCUT2D eigenvalue weighted by atomic mass is 16.3. The molecular formula is C22H29NO2. The van der Waals surface area contributed by atoms with E-state index in [1.165, 1.54) is 18.4 Å². The van der Waals surface area contributed by atoms with Crippen molar-refractivity contribution < 1.29 is 10.2 Å². The van der Waals surface area contributed by atoms with E-state index < -0.39 is 6.10 Å². The fraction of sp³-hybridized carbons (Fsp3) is 0.455. The van der Waals surface area contributed by atoms with E-state index >= 15 is 0 Å². The molecule has 0 radical (unpaired) electrons. The monoisotopic (exact) mass is 339 g/mol. The summed E-state index contributed by atoms with van der Waals surface area (Å²) in [5, 5.41) is 20.2. The van der Waals surface area contributed by atoms with E-state index in [9.17, 15) is 10.2 Å². The Labute approximate surface area is 150 Å². The zero-order chi connectivity index (χ0) is 17.6. The Morgan fingerprint density at radius 1 is 1.00 bits per heavy atom. The van der Waals surface area contributed by atoms with Gasteiger partial charge in [-0.15, -0.1) is 0 Å². The minimum atomic E-state index is -0.503. The number of likely N-dealkylation sites (tertiary alicyclic amines) is 1. The number of hydrogen-bond acceptors (Lipinski definition) is 3. The first-order chi connectivity index (χ1) is 12.2. The average molecular weight is 339 g/mol. The van der Waals surface area contributed by atoms with Crippen molar-refractivity contribution >= 4 is 0 Å². The van der Waals surface area contributed by atoms with Gasteiger partial charge >= 0.3 is 0 Å². The van der Waals surface area contributed by atoms with Crippen molar-refractivity contribution in [2.24, 2.45) is 5.92 Å². The smallest absolute Gasteiger partial charge is 0.115 e. The summed E-state index contributed by atoms with van der Waals surface area (Å²) in [5.74, 6) is 0.979. The van der Waals surface area contributed by atoms with Crippen molar-refractivity contribution in [3.05, 3.63) is 65.7 Å². The molecule has 1 saturated heterocycles. The van der Waals surface area contributed by atoms with Crippen molar-refractivity contribution in [1.29, 1.82) is 0 Å². The predicted molar refractivity (Wildman–Crippen MR) is 102 cm³/mol. The molecule has 1 heterocycles. The molecule has 1 fully saturated rings. The summed E-state index contributed by atoms with van der Waals surface area (Å²) in [7, 11) is 0. The average Bonchev–Trinajstić information content (AvgIpc) is 2.65. The zero-order valence-electron chi connectivity index (χ0n) is 15.0. The second-order valence-corrected chi connectivity index (χ2v) is 7.18. The summed E-state index contributed by atoms with van der Waals surface area (Å²) in [6.45, 7) is 4.24. The second kappa shape index (κ2) is 8.50. The van der Waals surface area contributed by atoms with Gasteiger partial charge in [-0.1, -0.05) is 49.4 Å². The molecule has 2 aromatic rings. The summed E-state index contributed by atoms with van der Waals surface area (Å²) in [6, 6.07) is 17.8. The van der Waals surface area contributed by atoms with E-state index in [1.807, 2.05) is 12.1 Å². The number of aromatic hydroxyl groups is 1. The number of hydrogen-bond donors (Lipinski definition) is 2. The zero-order valence-corrected chi connectivity index (χ0v) is 15.0. The molecule has 0 saturated carbocycles. The normalized spacial score (nSPS) is 18.8. The van der Waals surface area contributed by atoms with Crippen LogP contribution in [0.5, 0.6) is 5.75 Å². The van der Waals surface area contributed by atoms with E-state index in [1.54, 1.807) is 12.1 Å². The van der Waals surface area contributed by atoms with Gasteiger partial charge in [-0.25, -0.2) is 0 Å². The lowest BCUT2D eigenvalue weighted by atomic mass is 9.88. The third kappa shape index (κ3) is 4.62. The SMILES string of the molecule is CCC(C(O)c1ccc(O)cc1)N1CCC(Cc2ccccc2)CC1. The predicted octanol–water partition coefficient (Wildman–Crippen LogP) is 4.16. The standard InChI is InChI=1S/C22H29NO2/c1-2-21(22(25)19-8-10-20(24)11-9-19)23-14-12-18(13-15-23)16-17-6-4-3-5-7-17/h3-11,18,21-22,24-25H,2,12-16H2,1H3. The molecule has 3 heteroatoms. The number of benzene rings is 2. The van der Waals surface area contributed by atoms with Gasteiger partial charge in [-0.2, -0.15) is 0 Å². The molecule has 2 atom stereocenters. The van der Waals surface area contributed by atoms with Crippen LogP contribution in [0.1, 0.15) is 43.4 Å². The molecule has 1 aliphatic rings. The van der Waals surface area contributed by atoms with Crippen LogP contribution in [0.25, 0.3) is 0 Å². The Bertz CT molecular complexity index is 633. The quantitative estimate of drug-likeness (QED) is 0.830. The van der Waals surface area contributed by atoms with E-state index in [0.29, 0.717) is 0 Å². The Hall–Kier alpha value is -1.84. The minimum absolute atomic E-state index is 0.141. The molecule has 3 rings (SSSR count). The number of phenolic OH excluding ortho intramolecular Hbond substituents is 1. The number of rotatable bonds is 6. The van der Waals surface area contributed by atoms with Crippen LogP contribution < -0.4 is 0 Å². The first kappa shape index (κ1) is 18.0. The van der Waals surface area contributed by atoms with Gasteiger partial charge in [0.25, 0.3) is 0 Å². The maximum Gasteiger partial charge on any atom is 0.115 e. The van der Waals surface area contributed by atoms with Gasteiger partial charge in [0, 0.05) is 6.04 Å². The number of piperidine rings is 1. The Kier molecular flexibility index (Phi) is 6.11. The van der Waals surface area contributed by atoms with E-state index in [0.717, 1.165) is 37.4 Å². The molecule has 3 nitrogen and oxygen atoms in total. The third-order valence-electron chi connectivity index (χ3n) is 5.50. The van der Waals surface area contributed by atoms with Gasteiger partial charge in [-0.3, -0.25) is 4.90 Å². The molecule has 0 amide bonds. The van der Waals surface area contributed by atoms with Crippen LogP contribution >= 0.6 is 0 Å². The fourth-order valence-electron chi connectivity index (χ4n) is 4.01. The first-order valence-corrected chi connectivity index (χ1v) is 9.42. The van der Waals surface area contributed by atoms with Crippen LogP contribution in [0, 0.1) is 5.92 Å². The van der Waals surface area contributed by atoms with Gasteiger partial charge in [-0.05, 0) is 68.0 Å². The van der Waals surface area contributed by atoms with E-state index in [2.05, 4.69) is 42.2 Å². The van der Waals surface area contributed by atoms with Crippen molar-refractivity contribution in [3.8, 4) is 5.75 Å². The Morgan fingerprint density at radius 3 is 2.24 bits per heavy atom. The summed E-state index contributed by atoms with van der Waals surface area (Å²) in [4.78, 5) is 2.44. The first-order valence-electron chi connectivity index (χ1n) is 9.42. The highest BCUT2D eigenvalue weighted by Crippen LogP contribution is 2.29. The summed E-state index contributed by atoms with van der Waals surface area (Å²) < 4.78 is 0. The Balaban J connectivity index is 1.57. The third-order valence-corrected chi connectivity index (χ3v) is 5.50. The highest BCUT2D eigenvalue weighted by Gasteiger charge is 2.29. The van der Waals surface area contributed by atoms with Crippen molar-refractivity contribution in [2.45, 2.75) is 44.8 Å². The lowest BCUT2D eigenvalue weighted by molar-refractivity contribution is 0.0260. The number of phenols is 1. The molecule has 0 bridgehead atoms. The van der Waals surface area contributed by atoms with Crippen molar-refractivity contribution in [1.82, 2.24) is 4.90 Å². The van der Waals surface area contributed by atoms with Gasteiger partial charge in [0.2, 0.25) is 0 Å². The second-order valence-electron chi connectivity index (χ2n) is 7.18. The van der Waals surface area contributed by atoms with Crippen molar-refractivity contribution in [3.63, 3.8) is 0 Å². The highest BCUT2D eigenvalue weighted by molar-refractivity contribution is 5.28. The summed E-state index contributed by atoms with van der Waals surface area (Å²) in [6.07, 6.45) is 3.95. The maximum atomic E-state index is 10.8. The van der Waals surface area contributed by atoms with Crippen LogP contribution in [0.15, 0.2) is 54.6 Å². The molecule has 1 aliphatic heterocycles. The van der Waals surface area contributed by atoms with Gasteiger partial charge in [0.05, 0.1) is 6.10 Å². The van der Waals surface area contributed by atoms with Crippen LogP contribution in [0.3, 0.4) is 0 Å². The largest absolute Gasteiger partial charge is 0.508 e. The van der Waals surface area contributed by atoms with Crippen LogP contribution in [0.4, 0.5) is 0 Å². The lowest BCUT2D eigenvalue weighted by Gasteiger charge is -2.39. The maximum absolute atomic E-state index is 10.8. The number of aliphatic hydroxyl groups is 1. The molecule has 2 unspecified atom stereocenters. The van der Waals surface area contributed by atoms with Crippen LogP contribution in [-0.4, -0.2) is 34.2 Å². The van der Waals surface area contributed by atoms with E-state index in [-0.39, 0.29) is 11.8 Å². The van der Waals surface area contributed by atoms with Crippen molar-refractivity contribution in [2.75, 3.05) is 13.1 Å². The van der Waals surface area contributed by atoms with Gasteiger partial charge < -0.3 is 10.2 Å². The number of aliphatic hydroxyl groups excluding tert-OH is 1. The Morgan fingerprint density at radius 2 is 1.64 bits per heavy atom. The molecule has 2 N–H and O–H groups in total. The molecule has 0 aliphatic carbocycles. The van der Waals surface area contributed by atoms with Crippen LogP contribution in [0.2, 0.25) is 0 Å². The van der Waals surface area contributed by atoms with Gasteiger partial charge in [0.15, 0.2) is 0 Å². The minimum Gasteiger partial charge on any atom is -0.508 e. The van der Waals surface area contributed by atoms with Crippen LogP contribution in [-0.2, 0) is 6.42 Å². The fourth-order valence-corrected chi connectivity index (χ4v) is 4.01. The topological polar surface area (TPSA) is 43.7 Å². The molecule has 134 valence electrons. The molecule has 0 spiro atoms. The molecule has 2 aromatic carbocycles. The summed E-state index contributed by atoms with van der Waals surface area (Å²) >= 11 is 0. The lowest BCUT2D eigenvalue weighted by Crippen LogP contribution is -2.44. The molecule has 0 aromatic heterocycles. The van der Waals surface area contributed by atoms with Gasteiger partial charge in [0.1, 0.15) is 5.75 Å². The summed E-state index contributed by atoms with van der Waals surface area (Å²) in [5.41, 5.74) is 2.31. The molecule has 25 heavy (non-hydrogen) atoms. The molecular weight excluding hydrogens is 310 g/mol. The number of nitrogens with zero attached hydrogens (tertiary/aromatic N) is 1.